The minimum atomic E-state index is 0.255. The van der Waals surface area contributed by atoms with Crippen molar-refractivity contribution in [3.8, 4) is 28.4 Å². The number of hydrogen-bond donors (Lipinski definition) is 3. The zero-order valence-corrected chi connectivity index (χ0v) is 18.6. The van der Waals surface area contributed by atoms with Crippen molar-refractivity contribution in [1.82, 2.24) is 5.32 Å². The molecule has 4 aromatic carbocycles. The van der Waals surface area contributed by atoms with E-state index in [1.807, 2.05) is 24.3 Å². The molecule has 0 saturated carbocycles. The SMILES string of the molecule is Oc1ccc(-c2ccc3cc(O)ccc3c2Cc2ccc(OCC3CCCCN3)cc2)cc1. The van der Waals surface area contributed by atoms with Crippen LogP contribution in [0.5, 0.6) is 17.2 Å². The first kappa shape index (κ1) is 21.4. The summed E-state index contributed by atoms with van der Waals surface area (Å²) < 4.78 is 6.02. The van der Waals surface area contributed by atoms with Crippen molar-refractivity contribution in [1.29, 1.82) is 0 Å². The van der Waals surface area contributed by atoms with Crippen LogP contribution in [0.2, 0.25) is 0 Å². The van der Waals surface area contributed by atoms with Crippen LogP contribution in [0.1, 0.15) is 30.4 Å². The van der Waals surface area contributed by atoms with Gasteiger partial charge in [-0.05, 0) is 95.2 Å². The first-order chi connectivity index (χ1) is 16.2. The van der Waals surface area contributed by atoms with Crippen molar-refractivity contribution in [3.63, 3.8) is 0 Å². The maximum absolute atomic E-state index is 9.96. The van der Waals surface area contributed by atoms with Gasteiger partial charge in [-0.2, -0.15) is 0 Å². The third kappa shape index (κ3) is 4.96. The minimum absolute atomic E-state index is 0.255. The van der Waals surface area contributed by atoms with E-state index in [9.17, 15) is 10.2 Å². The molecule has 1 heterocycles. The highest BCUT2D eigenvalue weighted by molar-refractivity contribution is 5.93. The van der Waals surface area contributed by atoms with Crippen LogP contribution in [-0.4, -0.2) is 29.4 Å². The lowest BCUT2D eigenvalue weighted by Gasteiger charge is -2.23. The number of fused-ring (bicyclic) bond motifs is 1. The Balaban J connectivity index is 1.42. The Morgan fingerprint density at radius 2 is 1.61 bits per heavy atom. The number of piperidine rings is 1. The van der Waals surface area contributed by atoms with Gasteiger partial charge in [0.15, 0.2) is 0 Å². The average Bonchev–Trinajstić information content (AvgIpc) is 2.85. The molecule has 4 nitrogen and oxygen atoms in total. The zero-order chi connectivity index (χ0) is 22.6. The zero-order valence-electron chi connectivity index (χ0n) is 18.6. The Morgan fingerprint density at radius 3 is 2.36 bits per heavy atom. The van der Waals surface area contributed by atoms with Gasteiger partial charge in [0.2, 0.25) is 0 Å². The Hall–Kier alpha value is -3.50. The topological polar surface area (TPSA) is 61.7 Å². The summed E-state index contributed by atoms with van der Waals surface area (Å²) in [5, 5.41) is 25.3. The normalized spacial score (nSPS) is 16.1. The number of aromatic hydroxyl groups is 2. The lowest BCUT2D eigenvalue weighted by atomic mass is 9.90. The number of rotatable bonds is 6. The molecule has 1 fully saturated rings. The van der Waals surface area contributed by atoms with Gasteiger partial charge < -0.3 is 20.3 Å². The summed E-state index contributed by atoms with van der Waals surface area (Å²) in [6.07, 6.45) is 4.45. The Kier molecular flexibility index (Phi) is 6.18. The number of benzene rings is 4. The summed E-state index contributed by atoms with van der Waals surface area (Å²) in [5.74, 6) is 1.41. The second-order valence-electron chi connectivity index (χ2n) is 8.82. The van der Waals surface area contributed by atoms with Crippen LogP contribution in [0.4, 0.5) is 0 Å². The van der Waals surface area contributed by atoms with E-state index in [-0.39, 0.29) is 11.5 Å². The van der Waals surface area contributed by atoms with Crippen LogP contribution in [0.3, 0.4) is 0 Å². The molecule has 0 radical (unpaired) electrons. The molecule has 0 aromatic heterocycles. The summed E-state index contributed by atoms with van der Waals surface area (Å²) in [6, 6.07) is 25.8. The highest BCUT2D eigenvalue weighted by atomic mass is 16.5. The molecule has 1 aliphatic heterocycles. The van der Waals surface area contributed by atoms with Crippen molar-refractivity contribution in [2.75, 3.05) is 13.2 Å². The second kappa shape index (κ2) is 9.55. The van der Waals surface area contributed by atoms with E-state index in [4.69, 9.17) is 4.74 Å². The molecule has 0 spiro atoms. The smallest absolute Gasteiger partial charge is 0.119 e. The van der Waals surface area contributed by atoms with Gasteiger partial charge in [0, 0.05) is 6.04 Å². The molecule has 0 amide bonds. The Labute approximate surface area is 194 Å². The van der Waals surface area contributed by atoms with Crippen LogP contribution in [0.25, 0.3) is 21.9 Å². The van der Waals surface area contributed by atoms with Gasteiger partial charge in [0.1, 0.15) is 23.9 Å². The Bertz CT molecular complexity index is 1230. The van der Waals surface area contributed by atoms with E-state index >= 15 is 0 Å². The molecule has 168 valence electrons. The predicted octanol–water partition coefficient (Wildman–Crippen LogP) is 6.03. The van der Waals surface area contributed by atoms with E-state index < -0.39 is 0 Å². The second-order valence-corrected chi connectivity index (χ2v) is 8.82. The van der Waals surface area contributed by atoms with Gasteiger partial charge in [-0.15, -0.1) is 0 Å². The maximum atomic E-state index is 9.96. The number of ether oxygens (including phenoxy) is 1. The molecule has 3 N–H and O–H groups in total. The lowest BCUT2D eigenvalue weighted by Crippen LogP contribution is -2.38. The number of hydrogen-bond acceptors (Lipinski definition) is 4. The molecule has 0 bridgehead atoms. The fourth-order valence-corrected chi connectivity index (χ4v) is 4.65. The quantitative estimate of drug-likeness (QED) is 0.343. The van der Waals surface area contributed by atoms with Gasteiger partial charge in [0.25, 0.3) is 0 Å². The van der Waals surface area contributed by atoms with Gasteiger partial charge >= 0.3 is 0 Å². The number of phenols is 2. The van der Waals surface area contributed by atoms with Crippen molar-refractivity contribution in [3.05, 3.63) is 90.0 Å². The monoisotopic (exact) mass is 439 g/mol. The van der Waals surface area contributed by atoms with Crippen molar-refractivity contribution in [2.45, 2.75) is 31.7 Å². The van der Waals surface area contributed by atoms with E-state index in [0.29, 0.717) is 12.6 Å². The predicted molar refractivity (Wildman–Crippen MR) is 133 cm³/mol. The van der Waals surface area contributed by atoms with E-state index in [0.717, 1.165) is 40.6 Å². The molecule has 1 atom stereocenters. The summed E-state index contributed by atoms with van der Waals surface area (Å²) in [4.78, 5) is 0. The lowest BCUT2D eigenvalue weighted by molar-refractivity contribution is 0.239. The molecule has 4 aromatic rings. The first-order valence-corrected chi connectivity index (χ1v) is 11.6. The maximum Gasteiger partial charge on any atom is 0.119 e. The molecular formula is C29H29NO3. The molecule has 4 heteroatoms. The summed E-state index contributed by atoms with van der Waals surface area (Å²) in [5.41, 5.74) is 4.56. The van der Waals surface area contributed by atoms with Crippen LogP contribution in [-0.2, 0) is 6.42 Å². The molecular weight excluding hydrogens is 410 g/mol. The average molecular weight is 440 g/mol. The molecule has 33 heavy (non-hydrogen) atoms. The van der Waals surface area contributed by atoms with E-state index in [2.05, 4.69) is 35.6 Å². The Morgan fingerprint density at radius 1 is 0.818 bits per heavy atom. The molecule has 0 aliphatic carbocycles. The number of nitrogens with one attached hydrogen (secondary N) is 1. The van der Waals surface area contributed by atoms with Crippen LogP contribution in [0, 0.1) is 0 Å². The van der Waals surface area contributed by atoms with E-state index in [1.165, 1.54) is 30.4 Å². The largest absolute Gasteiger partial charge is 0.508 e. The van der Waals surface area contributed by atoms with Gasteiger partial charge in [-0.25, -0.2) is 0 Å². The van der Waals surface area contributed by atoms with Crippen molar-refractivity contribution < 1.29 is 14.9 Å². The van der Waals surface area contributed by atoms with Gasteiger partial charge in [-0.3, -0.25) is 0 Å². The minimum Gasteiger partial charge on any atom is -0.508 e. The third-order valence-corrected chi connectivity index (χ3v) is 6.46. The van der Waals surface area contributed by atoms with Crippen LogP contribution < -0.4 is 10.1 Å². The molecule has 1 unspecified atom stereocenters. The standard InChI is InChI=1S/C29H29NO3/c31-24-9-6-21(7-10-24)27-14-8-22-18-25(32)11-15-28(22)29(27)17-20-4-12-26(13-5-20)33-19-23-3-1-2-16-30-23/h4-15,18,23,30-32H,1-3,16-17,19H2. The van der Waals surface area contributed by atoms with E-state index in [1.54, 1.807) is 24.3 Å². The molecule has 5 rings (SSSR count). The van der Waals surface area contributed by atoms with Crippen LogP contribution in [0.15, 0.2) is 78.9 Å². The van der Waals surface area contributed by atoms with Gasteiger partial charge in [0.05, 0.1) is 0 Å². The fraction of sp³-hybridized carbons (Fsp3) is 0.241. The summed E-state index contributed by atoms with van der Waals surface area (Å²) in [6.45, 7) is 1.79. The summed E-state index contributed by atoms with van der Waals surface area (Å²) in [7, 11) is 0. The number of phenolic OH excluding ortho intramolecular Hbond substituents is 2. The highest BCUT2D eigenvalue weighted by Gasteiger charge is 2.14. The van der Waals surface area contributed by atoms with Crippen LogP contribution >= 0.6 is 0 Å². The molecule has 1 aliphatic rings. The first-order valence-electron chi connectivity index (χ1n) is 11.6. The third-order valence-electron chi connectivity index (χ3n) is 6.46. The highest BCUT2D eigenvalue weighted by Crippen LogP contribution is 2.34. The molecule has 1 saturated heterocycles. The summed E-state index contributed by atoms with van der Waals surface area (Å²) >= 11 is 0. The van der Waals surface area contributed by atoms with Crippen molar-refractivity contribution in [2.24, 2.45) is 0 Å². The fourth-order valence-electron chi connectivity index (χ4n) is 4.65. The van der Waals surface area contributed by atoms with Crippen molar-refractivity contribution >= 4 is 10.8 Å². The van der Waals surface area contributed by atoms with Gasteiger partial charge in [-0.1, -0.05) is 48.9 Å².